The van der Waals surface area contributed by atoms with Gasteiger partial charge in [0.1, 0.15) is 5.69 Å². The number of nitrogens with two attached hydrogens (primary N) is 1. The summed E-state index contributed by atoms with van der Waals surface area (Å²) in [6.45, 7) is 4.76. The second-order valence-corrected chi connectivity index (χ2v) is 5.39. The highest BCUT2D eigenvalue weighted by Crippen LogP contribution is 2.18. The molecule has 6 nitrogen and oxygen atoms in total. The van der Waals surface area contributed by atoms with Gasteiger partial charge in [0.2, 0.25) is 11.7 Å². The van der Waals surface area contributed by atoms with E-state index in [2.05, 4.69) is 26.9 Å². The number of likely N-dealkylation sites (tertiary alicyclic amines) is 1. The third-order valence-electron chi connectivity index (χ3n) is 3.82. The fourth-order valence-corrected chi connectivity index (χ4v) is 2.42. The maximum atomic E-state index is 6.10. The summed E-state index contributed by atoms with van der Waals surface area (Å²) in [5, 5.41) is 3.98. The first kappa shape index (κ1) is 13.2. The van der Waals surface area contributed by atoms with E-state index in [0.717, 1.165) is 25.2 Å². The molecule has 1 aliphatic heterocycles. The van der Waals surface area contributed by atoms with Gasteiger partial charge in [-0.1, -0.05) is 18.1 Å². The van der Waals surface area contributed by atoms with Gasteiger partial charge in [0, 0.05) is 18.8 Å². The second-order valence-electron chi connectivity index (χ2n) is 5.39. The van der Waals surface area contributed by atoms with Crippen LogP contribution in [0.4, 0.5) is 0 Å². The molecule has 2 N–H and O–H groups in total. The Labute approximate surface area is 118 Å². The fraction of sp³-hybridized carbons (Fsp3) is 0.500. The number of rotatable bonds is 3. The van der Waals surface area contributed by atoms with Crippen LogP contribution in [0.3, 0.4) is 0 Å². The minimum atomic E-state index is 0.224. The summed E-state index contributed by atoms with van der Waals surface area (Å²) < 4.78 is 5.30. The van der Waals surface area contributed by atoms with Gasteiger partial charge in [0.15, 0.2) is 0 Å². The largest absolute Gasteiger partial charge is 0.337 e. The summed E-state index contributed by atoms with van der Waals surface area (Å²) in [6.07, 6.45) is 2.83. The van der Waals surface area contributed by atoms with Crippen LogP contribution in [0, 0.1) is 5.92 Å². The molecule has 0 amide bonds. The lowest BCUT2D eigenvalue weighted by molar-refractivity contribution is 0.146. The molecule has 2 aromatic heterocycles. The molecular formula is C14H19N5O. The lowest BCUT2D eigenvalue weighted by Gasteiger charge is -2.34. The smallest absolute Gasteiger partial charge is 0.241 e. The molecule has 0 aromatic carbocycles. The first-order valence-electron chi connectivity index (χ1n) is 6.94. The van der Waals surface area contributed by atoms with Crippen molar-refractivity contribution in [3.63, 3.8) is 0 Å². The fourth-order valence-electron chi connectivity index (χ4n) is 2.42. The Kier molecular flexibility index (Phi) is 3.75. The lowest BCUT2D eigenvalue weighted by atomic mass is 9.94. The van der Waals surface area contributed by atoms with E-state index in [-0.39, 0.29) is 6.04 Å². The van der Waals surface area contributed by atoms with Crippen molar-refractivity contribution in [2.75, 3.05) is 13.1 Å². The Morgan fingerprint density at radius 3 is 3.10 bits per heavy atom. The highest BCUT2D eigenvalue weighted by atomic mass is 16.5. The van der Waals surface area contributed by atoms with Gasteiger partial charge in [0.05, 0.1) is 6.54 Å². The summed E-state index contributed by atoms with van der Waals surface area (Å²) in [7, 11) is 0. The second kappa shape index (κ2) is 5.68. The average Bonchev–Trinajstić information content (AvgIpc) is 2.92. The Hall–Kier alpha value is -1.79. The number of hydrogen-bond acceptors (Lipinski definition) is 6. The van der Waals surface area contributed by atoms with Crippen LogP contribution in [0.5, 0.6) is 0 Å². The van der Waals surface area contributed by atoms with Crippen molar-refractivity contribution in [1.82, 2.24) is 20.0 Å². The first-order chi connectivity index (χ1) is 9.72. The number of nitrogens with zero attached hydrogens (tertiary/aromatic N) is 4. The normalized spacial score (nSPS) is 23.9. The standard InChI is InChI=1S/C14H19N5O/c1-10-5-7-19(8-11(10)15)9-13-17-14(18-20-13)12-4-2-3-6-16-12/h2-4,6,10-11H,5,7-9,15H2,1H3. The van der Waals surface area contributed by atoms with Gasteiger partial charge < -0.3 is 10.3 Å². The van der Waals surface area contributed by atoms with Gasteiger partial charge in [-0.2, -0.15) is 4.98 Å². The van der Waals surface area contributed by atoms with E-state index in [4.69, 9.17) is 10.3 Å². The SMILES string of the molecule is CC1CCN(Cc2nc(-c3ccccn3)no2)CC1N. The molecule has 2 unspecified atom stereocenters. The van der Waals surface area contributed by atoms with Crippen molar-refractivity contribution >= 4 is 0 Å². The lowest BCUT2D eigenvalue weighted by Crippen LogP contribution is -2.47. The molecule has 0 bridgehead atoms. The van der Waals surface area contributed by atoms with Crippen LogP contribution >= 0.6 is 0 Å². The van der Waals surface area contributed by atoms with Crippen molar-refractivity contribution < 1.29 is 4.52 Å². The third kappa shape index (κ3) is 2.86. The number of hydrogen-bond donors (Lipinski definition) is 1. The third-order valence-corrected chi connectivity index (χ3v) is 3.82. The number of piperidine rings is 1. The van der Waals surface area contributed by atoms with Crippen LogP contribution in [0.1, 0.15) is 19.2 Å². The Balaban J connectivity index is 1.66. The molecule has 3 rings (SSSR count). The molecule has 1 fully saturated rings. The molecule has 6 heteroatoms. The summed E-state index contributed by atoms with van der Waals surface area (Å²) in [4.78, 5) is 10.9. The highest BCUT2D eigenvalue weighted by molar-refractivity contribution is 5.46. The van der Waals surface area contributed by atoms with Gasteiger partial charge in [-0.05, 0) is 31.0 Å². The predicted molar refractivity (Wildman–Crippen MR) is 74.6 cm³/mol. The molecule has 0 aliphatic carbocycles. The van der Waals surface area contributed by atoms with Crippen molar-refractivity contribution in [2.45, 2.75) is 25.9 Å². The van der Waals surface area contributed by atoms with Crippen LogP contribution in [-0.2, 0) is 6.54 Å². The molecule has 1 saturated heterocycles. The van der Waals surface area contributed by atoms with Crippen LogP contribution in [0.2, 0.25) is 0 Å². The maximum Gasteiger partial charge on any atom is 0.241 e. The molecule has 2 aromatic rings. The predicted octanol–water partition coefficient (Wildman–Crippen LogP) is 1.30. The Bertz CT molecular complexity index is 556. The minimum absolute atomic E-state index is 0.224. The van der Waals surface area contributed by atoms with E-state index in [1.165, 1.54) is 0 Å². The molecular weight excluding hydrogens is 254 g/mol. The zero-order valence-electron chi connectivity index (χ0n) is 11.6. The van der Waals surface area contributed by atoms with Crippen molar-refractivity contribution in [2.24, 2.45) is 11.7 Å². The van der Waals surface area contributed by atoms with Crippen molar-refractivity contribution in [3.8, 4) is 11.5 Å². The van der Waals surface area contributed by atoms with Gasteiger partial charge in [-0.25, -0.2) is 0 Å². The van der Waals surface area contributed by atoms with Crippen LogP contribution in [0.25, 0.3) is 11.5 Å². The average molecular weight is 273 g/mol. The molecule has 3 heterocycles. The first-order valence-corrected chi connectivity index (χ1v) is 6.94. The van der Waals surface area contributed by atoms with Gasteiger partial charge in [0.25, 0.3) is 0 Å². The van der Waals surface area contributed by atoms with Gasteiger partial charge in [-0.15, -0.1) is 0 Å². The summed E-state index contributed by atoms with van der Waals surface area (Å²) in [5.74, 6) is 1.74. The quantitative estimate of drug-likeness (QED) is 0.908. The Morgan fingerprint density at radius 1 is 1.45 bits per heavy atom. The molecule has 106 valence electrons. The van der Waals surface area contributed by atoms with Gasteiger partial charge in [-0.3, -0.25) is 9.88 Å². The molecule has 0 spiro atoms. The molecule has 0 saturated carbocycles. The van der Waals surface area contributed by atoms with Crippen LogP contribution in [0.15, 0.2) is 28.9 Å². The topological polar surface area (TPSA) is 81.1 Å². The van der Waals surface area contributed by atoms with E-state index < -0.39 is 0 Å². The zero-order chi connectivity index (χ0) is 13.9. The maximum absolute atomic E-state index is 6.10. The highest BCUT2D eigenvalue weighted by Gasteiger charge is 2.24. The van der Waals surface area contributed by atoms with Crippen molar-refractivity contribution in [3.05, 3.63) is 30.3 Å². The van der Waals surface area contributed by atoms with E-state index in [1.54, 1.807) is 6.20 Å². The molecule has 0 radical (unpaired) electrons. The van der Waals surface area contributed by atoms with E-state index in [0.29, 0.717) is 24.2 Å². The summed E-state index contributed by atoms with van der Waals surface area (Å²) >= 11 is 0. The van der Waals surface area contributed by atoms with Crippen LogP contribution in [-0.4, -0.2) is 39.2 Å². The van der Waals surface area contributed by atoms with E-state index in [9.17, 15) is 0 Å². The van der Waals surface area contributed by atoms with Crippen molar-refractivity contribution in [1.29, 1.82) is 0 Å². The van der Waals surface area contributed by atoms with Gasteiger partial charge >= 0.3 is 0 Å². The Morgan fingerprint density at radius 2 is 2.35 bits per heavy atom. The molecule has 20 heavy (non-hydrogen) atoms. The number of aromatic nitrogens is 3. The molecule has 1 aliphatic rings. The zero-order valence-corrected chi connectivity index (χ0v) is 11.6. The minimum Gasteiger partial charge on any atom is -0.337 e. The summed E-state index contributed by atoms with van der Waals surface area (Å²) in [5.41, 5.74) is 6.83. The van der Waals surface area contributed by atoms with Crippen LogP contribution < -0.4 is 5.73 Å². The van der Waals surface area contributed by atoms with E-state index >= 15 is 0 Å². The molecule has 2 atom stereocenters. The number of pyridine rings is 1. The monoisotopic (exact) mass is 273 g/mol. The summed E-state index contributed by atoms with van der Waals surface area (Å²) in [6, 6.07) is 5.86. The van der Waals surface area contributed by atoms with E-state index in [1.807, 2.05) is 18.2 Å².